The maximum absolute atomic E-state index is 12.4. The van der Waals surface area contributed by atoms with Crippen LogP contribution in [0.3, 0.4) is 0 Å². The molecule has 0 radical (unpaired) electrons. The number of thiophene rings is 1. The fraction of sp³-hybridized carbons (Fsp3) is 0.267. The van der Waals surface area contributed by atoms with Gasteiger partial charge < -0.3 is 5.73 Å². The van der Waals surface area contributed by atoms with Crippen LogP contribution in [0.1, 0.15) is 34.1 Å². The molecular formula is C15H18ClNOS. The van der Waals surface area contributed by atoms with Crippen LogP contribution < -0.4 is 5.73 Å². The molecule has 0 saturated carbocycles. The summed E-state index contributed by atoms with van der Waals surface area (Å²) in [5.41, 5.74) is 7.81. The summed E-state index contributed by atoms with van der Waals surface area (Å²) in [6.45, 7) is 2.06. The van der Waals surface area contributed by atoms with Crippen LogP contribution in [0.25, 0.3) is 0 Å². The Morgan fingerprint density at radius 2 is 2.00 bits per heavy atom. The number of benzene rings is 1. The summed E-state index contributed by atoms with van der Waals surface area (Å²) in [5, 5.41) is 1.92. The van der Waals surface area contributed by atoms with Gasteiger partial charge in [-0.15, -0.1) is 23.7 Å². The number of carbonyl (C=O) groups is 1. The van der Waals surface area contributed by atoms with Crippen LogP contribution in [-0.2, 0) is 6.42 Å². The molecule has 2 rings (SSSR count). The molecule has 0 aliphatic carbocycles. The van der Waals surface area contributed by atoms with Gasteiger partial charge in [-0.2, -0.15) is 0 Å². The van der Waals surface area contributed by atoms with E-state index in [4.69, 9.17) is 5.73 Å². The van der Waals surface area contributed by atoms with Gasteiger partial charge in [0.1, 0.15) is 0 Å². The van der Waals surface area contributed by atoms with Crippen LogP contribution in [-0.4, -0.2) is 11.8 Å². The topological polar surface area (TPSA) is 43.1 Å². The summed E-state index contributed by atoms with van der Waals surface area (Å²) < 4.78 is 0. The second kappa shape index (κ2) is 7.43. The Labute approximate surface area is 124 Å². The Morgan fingerprint density at radius 1 is 1.26 bits per heavy atom. The van der Waals surface area contributed by atoms with Gasteiger partial charge in [0, 0.05) is 11.6 Å². The van der Waals surface area contributed by atoms with Gasteiger partial charge in [0.15, 0.2) is 0 Å². The molecule has 1 heterocycles. The van der Waals surface area contributed by atoms with Crippen LogP contribution in [0.15, 0.2) is 41.8 Å². The molecule has 1 unspecified atom stereocenters. The number of halogens is 1. The molecule has 1 aromatic heterocycles. The molecule has 0 spiro atoms. The summed E-state index contributed by atoms with van der Waals surface area (Å²) in [5.74, 6) is 0.101. The lowest BCUT2D eigenvalue weighted by molar-refractivity contribution is 0.104. The highest BCUT2D eigenvalue weighted by molar-refractivity contribution is 7.12. The van der Waals surface area contributed by atoms with Crippen molar-refractivity contribution in [1.82, 2.24) is 0 Å². The van der Waals surface area contributed by atoms with Crippen LogP contribution in [0.5, 0.6) is 0 Å². The van der Waals surface area contributed by atoms with Gasteiger partial charge in [0.25, 0.3) is 0 Å². The number of ketones is 1. The SMILES string of the molecule is CCC(N)Cc1ccccc1C(=O)c1cccs1.Cl. The van der Waals surface area contributed by atoms with Crippen LogP contribution in [0.4, 0.5) is 0 Å². The zero-order chi connectivity index (χ0) is 13.0. The van der Waals surface area contributed by atoms with Crippen molar-refractivity contribution in [2.24, 2.45) is 5.73 Å². The Balaban J connectivity index is 0.00000180. The van der Waals surface area contributed by atoms with E-state index in [0.29, 0.717) is 0 Å². The molecule has 0 saturated heterocycles. The Bertz CT molecular complexity index is 525. The Morgan fingerprint density at radius 3 is 2.63 bits per heavy atom. The zero-order valence-electron chi connectivity index (χ0n) is 10.8. The van der Waals surface area contributed by atoms with E-state index in [0.717, 1.165) is 28.8 Å². The molecule has 1 atom stereocenters. The Kier molecular flexibility index (Phi) is 6.22. The standard InChI is InChI=1S/C15H17NOS.ClH/c1-2-12(16)10-11-6-3-4-7-13(11)15(17)14-8-5-9-18-14;/h3-9,12H,2,10,16H2,1H3;1H. The van der Waals surface area contributed by atoms with E-state index in [9.17, 15) is 4.79 Å². The smallest absolute Gasteiger partial charge is 0.203 e. The van der Waals surface area contributed by atoms with Crippen molar-refractivity contribution in [1.29, 1.82) is 0 Å². The fourth-order valence-corrected chi connectivity index (χ4v) is 2.56. The second-order valence-electron chi connectivity index (χ2n) is 4.34. The molecule has 0 bridgehead atoms. The Hall–Kier alpha value is -1.16. The van der Waals surface area contributed by atoms with Gasteiger partial charge in [-0.25, -0.2) is 0 Å². The fourth-order valence-electron chi connectivity index (χ4n) is 1.89. The van der Waals surface area contributed by atoms with E-state index in [1.54, 1.807) is 0 Å². The maximum atomic E-state index is 12.4. The number of hydrogen-bond acceptors (Lipinski definition) is 3. The van der Waals surface area contributed by atoms with Gasteiger partial charge in [0.05, 0.1) is 4.88 Å². The molecule has 0 fully saturated rings. The van der Waals surface area contributed by atoms with Crippen molar-refractivity contribution in [2.45, 2.75) is 25.8 Å². The lowest BCUT2D eigenvalue weighted by Gasteiger charge is -2.12. The second-order valence-corrected chi connectivity index (χ2v) is 5.28. The highest BCUT2D eigenvalue weighted by atomic mass is 35.5. The molecule has 4 heteroatoms. The first-order chi connectivity index (χ1) is 8.72. The zero-order valence-corrected chi connectivity index (χ0v) is 12.5. The van der Waals surface area contributed by atoms with Crippen molar-refractivity contribution in [3.63, 3.8) is 0 Å². The van der Waals surface area contributed by atoms with Gasteiger partial charge in [-0.3, -0.25) is 4.79 Å². The van der Waals surface area contributed by atoms with Gasteiger partial charge >= 0.3 is 0 Å². The average molecular weight is 296 g/mol. The summed E-state index contributed by atoms with van der Waals surface area (Å²) in [4.78, 5) is 13.2. The molecular weight excluding hydrogens is 278 g/mol. The van der Waals surface area contributed by atoms with Crippen molar-refractivity contribution < 1.29 is 4.79 Å². The summed E-state index contributed by atoms with van der Waals surface area (Å²) in [7, 11) is 0. The molecule has 2 nitrogen and oxygen atoms in total. The number of hydrogen-bond donors (Lipinski definition) is 1. The highest BCUT2D eigenvalue weighted by Gasteiger charge is 2.15. The molecule has 1 aromatic carbocycles. The van der Waals surface area contributed by atoms with Crippen molar-refractivity contribution >= 4 is 29.5 Å². The van der Waals surface area contributed by atoms with E-state index in [1.165, 1.54) is 11.3 Å². The molecule has 0 aliphatic heterocycles. The summed E-state index contributed by atoms with van der Waals surface area (Å²) >= 11 is 1.48. The van der Waals surface area contributed by atoms with Crippen LogP contribution in [0, 0.1) is 0 Å². The van der Waals surface area contributed by atoms with E-state index in [-0.39, 0.29) is 24.2 Å². The van der Waals surface area contributed by atoms with Crippen molar-refractivity contribution in [2.75, 3.05) is 0 Å². The van der Waals surface area contributed by atoms with Gasteiger partial charge in [-0.05, 0) is 29.9 Å². The molecule has 2 N–H and O–H groups in total. The molecule has 0 aliphatic rings. The number of carbonyl (C=O) groups excluding carboxylic acids is 1. The minimum atomic E-state index is 0. The average Bonchev–Trinajstić information content (AvgIpc) is 2.92. The van der Waals surface area contributed by atoms with Gasteiger partial charge in [0.2, 0.25) is 5.78 Å². The highest BCUT2D eigenvalue weighted by Crippen LogP contribution is 2.19. The first-order valence-electron chi connectivity index (χ1n) is 6.14. The van der Waals surface area contributed by atoms with E-state index in [1.807, 2.05) is 41.8 Å². The third-order valence-corrected chi connectivity index (χ3v) is 3.88. The predicted octanol–water partition coefficient (Wildman–Crippen LogP) is 3.68. The lowest BCUT2D eigenvalue weighted by Crippen LogP contribution is -2.22. The van der Waals surface area contributed by atoms with Crippen molar-refractivity contribution in [3.05, 3.63) is 57.8 Å². The quantitative estimate of drug-likeness (QED) is 0.855. The lowest BCUT2D eigenvalue weighted by atomic mass is 9.96. The summed E-state index contributed by atoms with van der Waals surface area (Å²) in [6.07, 6.45) is 1.67. The van der Waals surface area contributed by atoms with E-state index in [2.05, 4.69) is 6.92 Å². The molecule has 102 valence electrons. The molecule has 2 aromatic rings. The van der Waals surface area contributed by atoms with E-state index >= 15 is 0 Å². The van der Waals surface area contributed by atoms with Crippen LogP contribution in [0.2, 0.25) is 0 Å². The van der Waals surface area contributed by atoms with Crippen molar-refractivity contribution in [3.8, 4) is 0 Å². The minimum Gasteiger partial charge on any atom is -0.327 e. The molecule has 19 heavy (non-hydrogen) atoms. The third-order valence-electron chi connectivity index (χ3n) is 3.01. The third kappa shape index (κ3) is 3.90. The first-order valence-corrected chi connectivity index (χ1v) is 7.02. The normalized spacial score (nSPS) is 11.7. The minimum absolute atomic E-state index is 0. The first kappa shape index (κ1) is 15.9. The monoisotopic (exact) mass is 295 g/mol. The largest absolute Gasteiger partial charge is 0.327 e. The molecule has 0 amide bonds. The predicted molar refractivity (Wildman–Crippen MR) is 83.4 cm³/mol. The summed E-state index contributed by atoms with van der Waals surface area (Å²) in [6, 6.07) is 11.6. The number of rotatable bonds is 5. The van der Waals surface area contributed by atoms with E-state index < -0.39 is 0 Å². The van der Waals surface area contributed by atoms with Gasteiger partial charge in [-0.1, -0.05) is 37.3 Å². The maximum Gasteiger partial charge on any atom is 0.203 e. The number of nitrogens with two attached hydrogens (primary N) is 1. The van der Waals surface area contributed by atoms with Crippen LogP contribution >= 0.6 is 23.7 Å².